The minimum absolute atomic E-state index is 0.918. The second kappa shape index (κ2) is 10.3. The van der Waals surface area contributed by atoms with Gasteiger partial charge in [0.1, 0.15) is 0 Å². The standard InChI is InChI=1S/C55H30N6/c1-3-15-31(16-4-1)45-47-37-23-11-12-24-38(37)48-46(32-17-5-2-6-18-32)50-41-27-33-19-7-8-20-34(33)28-42(41)52-57-54-44-30-36-22-10-9-21-35(36)29-43(44)53-56-51-40-26-14-13-25-39(40)49(45)59(51)55(58(47)48,60(50)52)61(53)54/h1-30H/q+2. The highest BCUT2D eigenvalue weighted by molar-refractivity contribution is 6.19. The molecule has 1 unspecified atom stereocenters. The highest BCUT2D eigenvalue weighted by Gasteiger charge is 2.71. The molecule has 0 fully saturated rings. The summed E-state index contributed by atoms with van der Waals surface area (Å²) in [5.41, 5.74) is 15.9. The minimum Gasteiger partial charge on any atom is -0.240 e. The van der Waals surface area contributed by atoms with Crippen molar-refractivity contribution in [3.63, 3.8) is 0 Å². The van der Waals surface area contributed by atoms with Crippen molar-refractivity contribution < 1.29 is 9.15 Å². The number of nitrogens with zero attached hydrogens (tertiary/aromatic N) is 6. The van der Waals surface area contributed by atoms with Crippen LogP contribution >= 0.6 is 0 Å². The van der Waals surface area contributed by atoms with Crippen LogP contribution in [0.15, 0.2) is 192 Å². The minimum atomic E-state index is -1.03. The lowest BCUT2D eigenvalue weighted by Gasteiger charge is -2.43. The molecule has 16 rings (SSSR count). The van der Waals surface area contributed by atoms with Crippen molar-refractivity contribution >= 4 is 77.3 Å². The molecule has 0 aliphatic carbocycles. The average molecular weight is 775 g/mol. The first-order valence-electron chi connectivity index (χ1n) is 21.0. The van der Waals surface area contributed by atoms with Gasteiger partial charge in [0.05, 0.1) is 44.4 Å². The van der Waals surface area contributed by atoms with Gasteiger partial charge in [-0.15, -0.1) is 9.15 Å². The molecule has 6 heteroatoms. The van der Waals surface area contributed by atoms with E-state index in [1.54, 1.807) is 0 Å². The summed E-state index contributed by atoms with van der Waals surface area (Å²) in [6, 6.07) is 66.9. The van der Waals surface area contributed by atoms with E-state index in [2.05, 4.69) is 200 Å². The van der Waals surface area contributed by atoms with E-state index in [0.29, 0.717) is 0 Å². The zero-order valence-electron chi connectivity index (χ0n) is 32.5. The summed E-state index contributed by atoms with van der Waals surface area (Å²) < 4.78 is 10.4. The van der Waals surface area contributed by atoms with Crippen LogP contribution in [-0.4, -0.2) is 30.0 Å². The molecule has 0 radical (unpaired) electrons. The molecule has 0 bridgehead atoms. The van der Waals surface area contributed by atoms with Gasteiger partial charge in [-0.25, -0.2) is 4.57 Å². The summed E-state index contributed by atoms with van der Waals surface area (Å²) in [6.07, 6.45) is 0. The molecular formula is C55H30N6+2. The Hall–Kier alpha value is -8.22. The molecule has 6 nitrogen and oxygen atoms in total. The Balaban J connectivity index is 1.25. The van der Waals surface area contributed by atoms with Gasteiger partial charge in [-0.1, -0.05) is 146 Å². The van der Waals surface area contributed by atoms with E-state index in [1.807, 2.05) is 0 Å². The molecule has 2 aromatic heterocycles. The van der Waals surface area contributed by atoms with Crippen molar-refractivity contribution in [2.45, 2.75) is 5.91 Å². The van der Waals surface area contributed by atoms with E-state index in [9.17, 15) is 0 Å². The summed E-state index contributed by atoms with van der Waals surface area (Å²) in [5, 5.41) is 9.41. The van der Waals surface area contributed by atoms with Crippen molar-refractivity contribution in [3.05, 3.63) is 238 Å². The van der Waals surface area contributed by atoms with Crippen molar-refractivity contribution in [1.29, 1.82) is 0 Å². The van der Waals surface area contributed by atoms with Gasteiger partial charge in [-0.3, -0.25) is 0 Å². The molecular weight excluding hydrogens is 745 g/mol. The first-order valence-corrected chi connectivity index (χ1v) is 21.0. The van der Waals surface area contributed by atoms with Crippen LogP contribution in [0.4, 0.5) is 0 Å². The zero-order valence-corrected chi connectivity index (χ0v) is 32.5. The lowest BCUT2D eigenvalue weighted by Crippen LogP contribution is -2.70. The third-order valence-corrected chi connectivity index (χ3v) is 14.0. The van der Waals surface area contributed by atoms with Crippen LogP contribution in [0.3, 0.4) is 0 Å². The SMILES string of the molecule is c1ccc(C2=C3c4ccccc4C4=[N+]3C35n6c2c2ccccc2c6C(c2ccccc2)=C2c6cc7ccccc7cc6C(=[N+]23)N=c2c3cc6ccccc6cc3c(n25)=N4)cc1. The quantitative estimate of drug-likeness (QED) is 0.157. The van der Waals surface area contributed by atoms with E-state index in [1.165, 1.54) is 77.1 Å². The number of hydrogen-bond donors (Lipinski definition) is 0. The van der Waals surface area contributed by atoms with E-state index >= 15 is 0 Å². The molecule has 0 N–H and O–H groups in total. The molecule has 0 saturated heterocycles. The lowest BCUT2D eigenvalue weighted by atomic mass is 9.91. The maximum Gasteiger partial charge on any atom is 0.441 e. The third kappa shape index (κ3) is 3.35. The fourth-order valence-electron chi connectivity index (χ4n) is 11.8. The molecule has 1 atom stereocenters. The van der Waals surface area contributed by atoms with Crippen LogP contribution in [0.2, 0.25) is 0 Å². The molecule has 6 aliphatic heterocycles. The first-order chi connectivity index (χ1) is 30.3. The Morgan fingerprint density at radius 3 is 1.34 bits per heavy atom. The second-order valence-corrected chi connectivity index (χ2v) is 16.9. The first kappa shape index (κ1) is 30.8. The molecule has 0 amide bonds. The van der Waals surface area contributed by atoms with E-state index in [4.69, 9.17) is 9.98 Å². The largest absolute Gasteiger partial charge is 0.441 e. The van der Waals surface area contributed by atoms with Crippen LogP contribution in [0.1, 0.15) is 44.8 Å². The molecule has 8 heterocycles. The summed E-state index contributed by atoms with van der Waals surface area (Å²) in [7, 11) is 0. The fourth-order valence-corrected chi connectivity index (χ4v) is 11.8. The van der Waals surface area contributed by atoms with Gasteiger partial charge >= 0.3 is 17.6 Å². The number of hydrogen-bond acceptors (Lipinski definition) is 2. The summed E-state index contributed by atoms with van der Waals surface area (Å²) >= 11 is 0. The van der Waals surface area contributed by atoms with E-state index < -0.39 is 5.91 Å². The van der Waals surface area contributed by atoms with Crippen LogP contribution in [-0.2, 0) is 5.91 Å². The fraction of sp³-hybridized carbons (Fsp3) is 0.0182. The Kier molecular flexibility index (Phi) is 5.21. The number of benzene rings is 8. The highest BCUT2D eigenvalue weighted by Crippen LogP contribution is 2.59. The predicted octanol–water partition coefficient (Wildman–Crippen LogP) is 9.69. The Morgan fingerprint density at radius 2 is 0.787 bits per heavy atom. The molecule has 1 spiro atoms. The van der Waals surface area contributed by atoms with Gasteiger partial charge in [0.25, 0.3) is 11.0 Å². The van der Waals surface area contributed by atoms with Gasteiger partial charge in [0.2, 0.25) is 0 Å². The Bertz CT molecular complexity index is 4080. The van der Waals surface area contributed by atoms with Crippen LogP contribution in [0, 0.1) is 0 Å². The van der Waals surface area contributed by atoms with Crippen molar-refractivity contribution in [3.8, 4) is 0 Å². The van der Waals surface area contributed by atoms with Gasteiger partial charge < -0.3 is 0 Å². The van der Waals surface area contributed by atoms with Gasteiger partial charge in [0, 0.05) is 21.9 Å². The topological polar surface area (TPSA) is 40.6 Å². The van der Waals surface area contributed by atoms with Gasteiger partial charge in [-0.05, 0) is 79.1 Å². The number of fused-ring (bicyclic) bond motifs is 14. The smallest absolute Gasteiger partial charge is 0.240 e. The maximum atomic E-state index is 5.91. The van der Waals surface area contributed by atoms with Gasteiger partial charge in [-0.2, -0.15) is 4.57 Å². The molecule has 0 saturated carbocycles. The Morgan fingerprint density at radius 1 is 0.361 bits per heavy atom. The van der Waals surface area contributed by atoms with Crippen molar-refractivity contribution in [1.82, 2.24) is 9.13 Å². The van der Waals surface area contributed by atoms with Gasteiger partial charge in [0.15, 0.2) is 11.4 Å². The summed E-state index contributed by atoms with van der Waals surface area (Å²) in [4.78, 5) is 11.8. The van der Waals surface area contributed by atoms with E-state index in [-0.39, 0.29) is 0 Å². The molecule has 278 valence electrons. The molecule has 10 aromatic rings. The summed E-state index contributed by atoms with van der Waals surface area (Å²) in [6.45, 7) is 0. The van der Waals surface area contributed by atoms with Crippen molar-refractivity contribution in [2.75, 3.05) is 0 Å². The normalized spacial score (nSPS) is 18.2. The van der Waals surface area contributed by atoms with Crippen LogP contribution < -0.4 is 11.0 Å². The second-order valence-electron chi connectivity index (χ2n) is 16.9. The van der Waals surface area contributed by atoms with E-state index in [0.717, 1.165) is 55.9 Å². The van der Waals surface area contributed by atoms with Crippen LogP contribution in [0.5, 0.6) is 0 Å². The number of aromatic nitrogens is 2. The third-order valence-electron chi connectivity index (χ3n) is 14.0. The molecule has 8 aromatic carbocycles. The Labute approximate surface area is 347 Å². The summed E-state index contributed by atoms with van der Waals surface area (Å²) in [5.74, 6) is 0.869. The predicted molar refractivity (Wildman–Crippen MR) is 241 cm³/mol. The number of amidine groups is 2. The molecule has 6 aliphatic rings. The zero-order chi connectivity index (χ0) is 39.3. The highest BCUT2D eigenvalue weighted by atomic mass is 15.7. The van der Waals surface area contributed by atoms with Crippen LogP contribution in [0.25, 0.3) is 65.6 Å². The monoisotopic (exact) mass is 774 g/mol. The lowest BCUT2D eigenvalue weighted by molar-refractivity contribution is -0.808. The van der Waals surface area contributed by atoms with Crippen molar-refractivity contribution in [2.24, 2.45) is 9.98 Å². The molecule has 61 heavy (non-hydrogen) atoms. The number of rotatable bonds is 2. The average Bonchev–Trinajstić information content (AvgIpc) is 4.04. The maximum absolute atomic E-state index is 5.91.